The average molecular weight is 576 g/mol. The highest BCUT2D eigenvalue weighted by Gasteiger charge is 2.42. The van der Waals surface area contributed by atoms with Crippen molar-refractivity contribution in [3.8, 4) is 0 Å². The minimum absolute atomic E-state index is 0.0790. The largest absolute Gasteiger partial charge is 0.394 e. The van der Waals surface area contributed by atoms with E-state index >= 15 is 0 Å². The molecule has 15 nitrogen and oxygen atoms in total. The van der Waals surface area contributed by atoms with Gasteiger partial charge in [-0.3, -0.25) is 18.9 Å². The van der Waals surface area contributed by atoms with Gasteiger partial charge in [-0.1, -0.05) is 0 Å². The van der Waals surface area contributed by atoms with E-state index in [1.807, 2.05) is 0 Å². The number of H-pyrrole nitrogens is 1. The molecule has 0 radical (unpaired) electrons. The van der Waals surface area contributed by atoms with E-state index in [1.165, 1.54) is 28.6 Å². The quantitative estimate of drug-likeness (QED) is 0.271. The Bertz CT molecular complexity index is 1400. The summed E-state index contributed by atoms with van der Waals surface area (Å²) in [7, 11) is 1.47. The van der Waals surface area contributed by atoms with Gasteiger partial charge in [0.2, 0.25) is 0 Å². The van der Waals surface area contributed by atoms with Crippen molar-refractivity contribution in [3.05, 3.63) is 54.8 Å². The molecule has 2 aliphatic rings. The van der Waals surface area contributed by atoms with E-state index in [1.54, 1.807) is 13.8 Å². The third-order valence-electron chi connectivity index (χ3n) is 6.45. The molecule has 2 fully saturated rings. The van der Waals surface area contributed by atoms with Gasteiger partial charge in [0.25, 0.3) is 5.56 Å². The Hall–Kier alpha value is -2.27. The first-order chi connectivity index (χ1) is 17.9. The van der Waals surface area contributed by atoms with Crippen LogP contribution in [0.4, 0.5) is 5.82 Å². The highest BCUT2D eigenvalue weighted by atomic mass is 32.5. The van der Waals surface area contributed by atoms with Crippen LogP contribution in [-0.4, -0.2) is 73.8 Å². The third kappa shape index (κ3) is 6.14. The van der Waals surface area contributed by atoms with Crippen molar-refractivity contribution in [1.82, 2.24) is 19.1 Å². The number of hydrogen-bond donors (Lipinski definition) is 4. The second-order valence-corrected chi connectivity index (χ2v) is 11.9. The van der Waals surface area contributed by atoms with Gasteiger partial charge in [0.15, 0.2) is 0 Å². The number of aromatic nitrogens is 4. The molecule has 2 aliphatic heterocycles. The number of nitrogen functional groups attached to an aromatic ring is 1. The molecule has 2 aromatic rings. The Balaban J connectivity index is 1.41. The Morgan fingerprint density at radius 2 is 1.76 bits per heavy atom. The molecule has 0 spiro atoms. The van der Waals surface area contributed by atoms with E-state index < -0.39 is 67.1 Å². The molecular formula is C21H30N5O10PS. The number of aliphatic hydroxyl groups excluding tert-OH is 1. The van der Waals surface area contributed by atoms with Crippen molar-refractivity contribution in [2.45, 2.75) is 63.6 Å². The Morgan fingerprint density at radius 1 is 1.13 bits per heavy atom. The lowest BCUT2D eigenvalue weighted by Gasteiger charge is -2.24. The number of aromatic amines is 1. The van der Waals surface area contributed by atoms with Crippen LogP contribution in [0.1, 0.15) is 36.4 Å². The van der Waals surface area contributed by atoms with E-state index in [0.717, 1.165) is 0 Å². The topological polar surface area (TPSA) is 202 Å². The fraction of sp³-hybridized carbons (Fsp3) is 0.619. The zero-order chi connectivity index (χ0) is 27.8. The van der Waals surface area contributed by atoms with Crippen LogP contribution in [0.25, 0.3) is 0 Å². The minimum atomic E-state index is -3.88. The van der Waals surface area contributed by atoms with E-state index in [2.05, 4.69) is 9.97 Å². The number of methoxy groups -OCH3 is 1. The van der Waals surface area contributed by atoms with Gasteiger partial charge in [0.1, 0.15) is 30.5 Å². The molecule has 4 unspecified atom stereocenters. The number of aliphatic hydroxyl groups is 1. The van der Waals surface area contributed by atoms with E-state index in [-0.39, 0.29) is 25.3 Å². The van der Waals surface area contributed by atoms with Gasteiger partial charge in [-0.15, -0.1) is 0 Å². The highest BCUT2D eigenvalue weighted by Crippen LogP contribution is 2.49. The predicted molar refractivity (Wildman–Crippen MR) is 136 cm³/mol. The van der Waals surface area contributed by atoms with Crippen LogP contribution in [0.5, 0.6) is 0 Å². The van der Waals surface area contributed by atoms with Crippen LogP contribution in [0.15, 0.2) is 26.8 Å². The molecule has 4 heterocycles. The fourth-order valence-corrected chi connectivity index (χ4v) is 5.84. The van der Waals surface area contributed by atoms with Crippen LogP contribution in [-0.2, 0) is 35.1 Å². The summed E-state index contributed by atoms with van der Waals surface area (Å²) in [5.41, 5.74) is 4.83. The van der Waals surface area contributed by atoms with Crippen molar-refractivity contribution in [2.75, 3.05) is 26.1 Å². The van der Waals surface area contributed by atoms with Gasteiger partial charge in [-0.05, 0) is 25.7 Å². The maximum Gasteiger partial charge on any atom is 0.351 e. The third-order valence-corrected chi connectivity index (χ3v) is 8.04. The van der Waals surface area contributed by atoms with Crippen molar-refractivity contribution < 1.29 is 33.3 Å². The second-order valence-electron chi connectivity index (χ2n) is 9.07. The summed E-state index contributed by atoms with van der Waals surface area (Å²) in [6.45, 7) is -1.31. The van der Waals surface area contributed by atoms with Crippen LogP contribution >= 0.6 is 6.72 Å². The smallest absolute Gasteiger partial charge is 0.351 e. The number of nitrogens with two attached hydrogens (primary N) is 1. The second kappa shape index (κ2) is 11.5. The molecule has 0 bridgehead atoms. The van der Waals surface area contributed by atoms with E-state index in [0.29, 0.717) is 11.1 Å². The first kappa shape index (κ1) is 28.7. The van der Waals surface area contributed by atoms with Gasteiger partial charge < -0.3 is 39.0 Å². The maximum absolute atomic E-state index is 12.3. The maximum atomic E-state index is 12.3. The Labute approximate surface area is 221 Å². The Morgan fingerprint density at radius 3 is 2.45 bits per heavy atom. The molecule has 0 amide bonds. The molecule has 0 aliphatic carbocycles. The first-order valence-electron chi connectivity index (χ1n) is 11.7. The normalized spacial score (nSPS) is 29.0. The first-order valence-corrected chi connectivity index (χ1v) is 14.3. The van der Waals surface area contributed by atoms with Gasteiger partial charge in [-0.2, -0.15) is 4.98 Å². The number of nitrogens with zero attached hydrogens (tertiary/aromatic N) is 3. The summed E-state index contributed by atoms with van der Waals surface area (Å²) >= 11 is 5.18. The molecule has 4 rings (SSSR count). The summed E-state index contributed by atoms with van der Waals surface area (Å²) in [5, 5.41) is 9.77. The minimum Gasteiger partial charge on any atom is -0.394 e. The molecule has 5 N–H and O–H groups in total. The van der Waals surface area contributed by atoms with Crippen molar-refractivity contribution in [2.24, 2.45) is 0 Å². The summed E-state index contributed by atoms with van der Waals surface area (Å²) < 4.78 is 30.8. The van der Waals surface area contributed by atoms with Crippen LogP contribution in [0.3, 0.4) is 0 Å². The number of aryl methyl sites for hydroxylation is 2. The molecule has 210 valence electrons. The van der Waals surface area contributed by atoms with Gasteiger partial charge >= 0.3 is 18.1 Å². The summed E-state index contributed by atoms with van der Waals surface area (Å²) in [6.07, 6.45) is -1.33. The lowest BCUT2D eigenvalue weighted by Crippen LogP contribution is -2.33. The lowest BCUT2D eigenvalue weighted by atomic mass is 10.2. The summed E-state index contributed by atoms with van der Waals surface area (Å²) in [6, 6.07) is 0. The van der Waals surface area contributed by atoms with Crippen LogP contribution in [0, 0.1) is 13.8 Å². The summed E-state index contributed by atoms with van der Waals surface area (Å²) in [4.78, 5) is 53.0. The zero-order valence-corrected chi connectivity index (χ0v) is 22.6. The van der Waals surface area contributed by atoms with E-state index in [4.69, 9.17) is 40.8 Å². The van der Waals surface area contributed by atoms with Gasteiger partial charge in [0, 0.05) is 43.5 Å². The van der Waals surface area contributed by atoms with Crippen LogP contribution < -0.4 is 22.7 Å². The lowest BCUT2D eigenvalue weighted by molar-refractivity contribution is -0.0575. The number of ether oxygens (including phenoxy) is 3. The molecular weight excluding hydrogens is 545 g/mol. The van der Waals surface area contributed by atoms with Crippen molar-refractivity contribution in [3.63, 3.8) is 0 Å². The molecule has 2 saturated heterocycles. The van der Waals surface area contributed by atoms with Gasteiger partial charge in [-0.25, -0.2) is 9.59 Å². The molecule has 0 aromatic carbocycles. The Kier molecular flexibility index (Phi) is 8.66. The van der Waals surface area contributed by atoms with E-state index in [9.17, 15) is 24.4 Å². The molecule has 7 atom stereocenters. The number of anilines is 1. The molecule has 38 heavy (non-hydrogen) atoms. The van der Waals surface area contributed by atoms with Gasteiger partial charge in [0.05, 0.1) is 25.4 Å². The molecule has 0 saturated carbocycles. The number of rotatable bonds is 9. The predicted octanol–water partition coefficient (Wildman–Crippen LogP) is -0.807. The SMILES string of the molecule is CO[C@H]1CC(n2cc(C)c(=O)[nH]c2=O)OC1COP(O)(=S)O[C@H]1CC(n2cc(C)c(N)nc2=O)O[C@@H]1CO. The zero-order valence-electron chi connectivity index (χ0n) is 20.9. The number of nitrogens with one attached hydrogen (secondary N) is 1. The average Bonchev–Trinajstić information content (AvgIpc) is 3.45. The monoisotopic (exact) mass is 575 g/mol. The number of hydrogen-bond acceptors (Lipinski definition) is 12. The van der Waals surface area contributed by atoms with Crippen LogP contribution in [0.2, 0.25) is 0 Å². The van der Waals surface area contributed by atoms with Crippen molar-refractivity contribution in [1.29, 1.82) is 0 Å². The molecule has 17 heteroatoms. The van der Waals surface area contributed by atoms with Crippen molar-refractivity contribution >= 4 is 24.3 Å². The standard InChI is InChI=1S/C21H30N5O10PS/c1-10-6-25(20(29)23-18(10)22)17-5-13(14(8-27)34-17)36-37(31,38)33-9-15-12(32-3)4-16(35-15)26-7-11(2)19(28)24-21(26)30/h6-7,12-17,27H,4-5,8-9H2,1-3H3,(H,31,38)(H2,22,23,29)(H,24,28,30)/t12-,13-,14+,15?,16?,17?,37?/m0/s1. The molecule has 2 aromatic heterocycles. The fourth-order valence-electron chi connectivity index (χ4n) is 4.37. The summed E-state index contributed by atoms with van der Waals surface area (Å²) in [5.74, 6) is 0.0984. The highest BCUT2D eigenvalue weighted by molar-refractivity contribution is 8.07.